The van der Waals surface area contributed by atoms with Crippen LogP contribution in [0, 0.1) is 5.92 Å². The van der Waals surface area contributed by atoms with Gasteiger partial charge in [-0.1, -0.05) is 13.3 Å². The summed E-state index contributed by atoms with van der Waals surface area (Å²) in [6.45, 7) is 2.14. The van der Waals surface area contributed by atoms with Crippen molar-refractivity contribution in [1.29, 1.82) is 0 Å². The second-order valence-corrected chi connectivity index (χ2v) is 3.35. The fourth-order valence-corrected chi connectivity index (χ4v) is 1.50. The van der Waals surface area contributed by atoms with E-state index in [0.717, 1.165) is 12.1 Å². The van der Waals surface area contributed by atoms with Crippen LogP contribution in [0.1, 0.15) is 32.6 Å². The van der Waals surface area contributed by atoms with Crippen molar-refractivity contribution < 1.29 is 9.53 Å². The minimum Gasteiger partial charge on any atom is -0.452 e. The van der Waals surface area contributed by atoms with E-state index in [-0.39, 0.29) is 0 Å². The van der Waals surface area contributed by atoms with Crippen LogP contribution in [0.3, 0.4) is 0 Å². The normalized spacial score (nSPS) is 25.7. The number of hydrazone groups is 1. The Morgan fingerprint density at radius 1 is 1.62 bits per heavy atom. The SMILES string of the molecule is COC(=O)N/N=C1/CCCCC1C. The van der Waals surface area contributed by atoms with E-state index in [1.54, 1.807) is 0 Å². The third-order valence-electron chi connectivity index (χ3n) is 2.37. The topological polar surface area (TPSA) is 50.7 Å². The van der Waals surface area contributed by atoms with Gasteiger partial charge in [0, 0.05) is 5.71 Å². The summed E-state index contributed by atoms with van der Waals surface area (Å²) >= 11 is 0. The fourth-order valence-electron chi connectivity index (χ4n) is 1.50. The molecule has 0 aromatic rings. The lowest BCUT2D eigenvalue weighted by Gasteiger charge is -2.19. The summed E-state index contributed by atoms with van der Waals surface area (Å²) in [5, 5.41) is 4.03. The van der Waals surface area contributed by atoms with Crippen molar-refractivity contribution in [3.8, 4) is 0 Å². The Hall–Kier alpha value is -1.06. The highest BCUT2D eigenvalue weighted by atomic mass is 16.5. The third-order valence-corrected chi connectivity index (χ3v) is 2.37. The van der Waals surface area contributed by atoms with Gasteiger partial charge in [0.1, 0.15) is 0 Å². The first-order chi connectivity index (χ1) is 6.24. The molecule has 0 spiro atoms. The monoisotopic (exact) mass is 184 g/mol. The average Bonchev–Trinajstić information content (AvgIpc) is 2.16. The van der Waals surface area contributed by atoms with Crippen molar-refractivity contribution in [3.63, 3.8) is 0 Å². The van der Waals surface area contributed by atoms with E-state index in [1.807, 2.05) is 0 Å². The summed E-state index contributed by atoms with van der Waals surface area (Å²) < 4.78 is 4.42. The van der Waals surface area contributed by atoms with Crippen LogP contribution in [0.25, 0.3) is 0 Å². The third kappa shape index (κ3) is 3.05. The van der Waals surface area contributed by atoms with Crippen LogP contribution in [0.2, 0.25) is 0 Å². The van der Waals surface area contributed by atoms with Gasteiger partial charge in [-0.05, 0) is 25.2 Å². The molecule has 0 saturated heterocycles. The van der Waals surface area contributed by atoms with Gasteiger partial charge in [-0.25, -0.2) is 10.2 Å². The first-order valence-electron chi connectivity index (χ1n) is 4.64. The molecule has 0 aromatic carbocycles. The molecule has 1 fully saturated rings. The zero-order valence-corrected chi connectivity index (χ0v) is 8.17. The van der Waals surface area contributed by atoms with Crippen molar-refractivity contribution in [2.24, 2.45) is 11.0 Å². The second kappa shape index (κ2) is 4.84. The van der Waals surface area contributed by atoms with Crippen molar-refractivity contribution in [2.75, 3.05) is 7.11 Å². The van der Waals surface area contributed by atoms with Gasteiger partial charge in [-0.15, -0.1) is 0 Å². The minimum absolute atomic E-state index is 0.492. The van der Waals surface area contributed by atoms with Crippen molar-refractivity contribution >= 4 is 11.8 Å². The fraction of sp³-hybridized carbons (Fsp3) is 0.778. The molecule has 0 aromatic heterocycles. The van der Waals surface area contributed by atoms with E-state index in [1.165, 1.54) is 26.4 Å². The van der Waals surface area contributed by atoms with Gasteiger partial charge in [0.15, 0.2) is 0 Å². The van der Waals surface area contributed by atoms with Crippen LogP contribution < -0.4 is 5.43 Å². The highest BCUT2D eigenvalue weighted by Gasteiger charge is 2.15. The van der Waals surface area contributed by atoms with Gasteiger partial charge < -0.3 is 4.74 Å². The number of carbonyl (C=O) groups excluding carboxylic acids is 1. The summed E-state index contributed by atoms with van der Waals surface area (Å²) in [6.07, 6.45) is 4.10. The molecule has 1 N–H and O–H groups in total. The van der Waals surface area contributed by atoms with Crippen molar-refractivity contribution in [3.05, 3.63) is 0 Å². The summed E-state index contributed by atoms with van der Waals surface area (Å²) in [6, 6.07) is 0. The lowest BCUT2D eigenvalue weighted by Crippen LogP contribution is -2.23. The smallest absolute Gasteiger partial charge is 0.427 e. The van der Waals surface area contributed by atoms with Gasteiger partial charge in [0.2, 0.25) is 0 Å². The summed E-state index contributed by atoms with van der Waals surface area (Å²) in [4.78, 5) is 10.7. The van der Waals surface area contributed by atoms with E-state index in [0.29, 0.717) is 5.92 Å². The Balaban J connectivity index is 2.43. The number of amides is 1. The van der Waals surface area contributed by atoms with Crippen LogP contribution in [-0.2, 0) is 4.74 Å². The average molecular weight is 184 g/mol. The zero-order chi connectivity index (χ0) is 9.68. The van der Waals surface area contributed by atoms with Gasteiger partial charge in [-0.3, -0.25) is 0 Å². The van der Waals surface area contributed by atoms with Crippen LogP contribution in [0.15, 0.2) is 5.10 Å². The van der Waals surface area contributed by atoms with E-state index in [9.17, 15) is 4.79 Å². The molecular formula is C9H16N2O2. The van der Waals surface area contributed by atoms with Gasteiger partial charge in [0.05, 0.1) is 7.11 Å². The molecule has 13 heavy (non-hydrogen) atoms. The van der Waals surface area contributed by atoms with Gasteiger partial charge >= 0.3 is 6.09 Å². The maximum Gasteiger partial charge on any atom is 0.427 e. The number of methoxy groups -OCH3 is 1. The highest BCUT2D eigenvalue weighted by molar-refractivity contribution is 5.87. The molecule has 1 aliphatic rings. The van der Waals surface area contributed by atoms with Crippen LogP contribution >= 0.6 is 0 Å². The molecule has 0 heterocycles. The number of hydrogen-bond acceptors (Lipinski definition) is 3. The predicted octanol–water partition coefficient (Wildman–Crippen LogP) is 1.91. The van der Waals surface area contributed by atoms with E-state index < -0.39 is 6.09 Å². The Labute approximate surface area is 78.3 Å². The summed E-state index contributed by atoms with van der Waals surface area (Å²) in [5.41, 5.74) is 3.44. The molecule has 74 valence electrons. The number of nitrogens with zero attached hydrogens (tertiary/aromatic N) is 1. The quantitative estimate of drug-likeness (QED) is 0.633. The number of carbonyl (C=O) groups is 1. The predicted molar refractivity (Wildman–Crippen MR) is 50.6 cm³/mol. The molecule has 1 amide bonds. The molecule has 1 unspecified atom stereocenters. The first kappa shape index (κ1) is 10.0. The summed E-state index contributed by atoms with van der Waals surface area (Å²) in [5.74, 6) is 0.492. The molecule has 4 heteroatoms. The van der Waals surface area contributed by atoms with E-state index >= 15 is 0 Å². The zero-order valence-electron chi connectivity index (χ0n) is 8.17. The van der Waals surface area contributed by atoms with Crippen LogP contribution in [0.5, 0.6) is 0 Å². The molecule has 1 aliphatic carbocycles. The molecule has 1 rings (SSSR count). The molecule has 0 aliphatic heterocycles. The maximum atomic E-state index is 10.7. The Morgan fingerprint density at radius 2 is 2.38 bits per heavy atom. The molecule has 1 atom stereocenters. The highest BCUT2D eigenvalue weighted by Crippen LogP contribution is 2.20. The second-order valence-electron chi connectivity index (χ2n) is 3.35. The number of hydrogen-bond donors (Lipinski definition) is 1. The van der Waals surface area contributed by atoms with E-state index in [2.05, 4.69) is 22.2 Å². The molecule has 0 radical (unpaired) electrons. The van der Waals surface area contributed by atoms with Crippen LogP contribution in [0.4, 0.5) is 4.79 Å². The number of rotatable bonds is 1. The summed E-state index contributed by atoms with van der Waals surface area (Å²) in [7, 11) is 1.33. The standard InChI is InChI=1S/C9H16N2O2/c1-7-5-3-4-6-8(7)10-11-9(12)13-2/h7H,3-6H2,1-2H3,(H,11,12)/b10-8-. The number of ether oxygens (including phenoxy) is 1. The molecular weight excluding hydrogens is 168 g/mol. The molecule has 1 saturated carbocycles. The lowest BCUT2D eigenvalue weighted by molar-refractivity contribution is 0.171. The van der Waals surface area contributed by atoms with Crippen molar-refractivity contribution in [2.45, 2.75) is 32.6 Å². The van der Waals surface area contributed by atoms with Crippen LogP contribution in [-0.4, -0.2) is 18.9 Å². The minimum atomic E-state index is -0.495. The van der Waals surface area contributed by atoms with E-state index in [4.69, 9.17) is 0 Å². The van der Waals surface area contributed by atoms with Gasteiger partial charge in [-0.2, -0.15) is 5.10 Å². The number of nitrogens with one attached hydrogen (secondary N) is 1. The maximum absolute atomic E-state index is 10.7. The Kier molecular flexibility index (Phi) is 3.73. The van der Waals surface area contributed by atoms with Crippen molar-refractivity contribution in [1.82, 2.24) is 5.43 Å². The largest absolute Gasteiger partial charge is 0.452 e. The van der Waals surface area contributed by atoms with Gasteiger partial charge in [0.25, 0.3) is 0 Å². The first-order valence-corrected chi connectivity index (χ1v) is 4.64. The molecule has 0 bridgehead atoms. The Bertz CT molecular complexity index is 214. The lowest BCUT2D eigenvalue weighted by atomic mass is 9.89. The molecule has 4 nitrogen and oxygen atoms in total. The Morgan fingerprint density at radius 3 is 3.00 bits per heavy atom.